The predicted molar refractivity (Wildman–Crippen MR) is 108 cm³/mol. The molecule has 0 fully saturated rings. The summed E-state index contributed by atoms with van der Waals surface area (Å²) in [7, 11) is 0. The van der Waals surface area contributed by atoms with E-state index in [4.69, 9.17) is 9.47 Å². The van der Waals surface area contributed by atoms with Crippen LogP contribution in [0.5, 0.6) is 11.5 Å². The van der Waals surface area contributed by atoms with Crippen LogP contribution in [0.25, 0.3) is 0 Å². The quantitative estimate of drug-likeness (QED) is 0.659. The van der Waals surface area contributed by atoms with Crippen molar-refractivity contribution in [2.24, 2.45) is 0 Å². The summed E-state index contributed by atoms with van der Waals surface area (Å²) < 4.78 is 10.8. The third kappa shape index (κ3) is 3.83. The zero-order valence-corrected chi connectivity index (χ0v) is 16.2. The number of benzene rings is 2. The Kier molecular flexibility index (Phi) is 4.97. The number of rotatable bonds is 6. The van der Waals surface area contributed by atoms with Gasteiger partial charge in [-0.15, -0.1) is 5.10 Å². The van der Waals surface area contributed by atoms with Crippen molar-refractivity contribution >= 4 is 17.5 Å². The van der Waals surface area contributed by atoms with E-state index < -0.39 is 0 Å². The number of nitrogens with one attached hydrogen (secondary N) is 2. The van der Waals surface area contributed by atoms with E-state index in [1.54, 1.807) is 6.20 Å². The van der Waals surface area contributed by atoms with Gasteiger partial charge in [0.05, 0.1) is 6.20 Å². The van der Waals surface area contributed by atoms with Gasteiger partial charge in [0.2, 0.25) is 12.7 Å². The number of anilines is 3. The molecule has 1 aliphatic rings. The number of aryl methyl sites for hydroxylation is 1. The molecule has 144 valence electrons. The molecule has 0 saturated carbocycles. The average molecular weight is 377 g/mol. The Balaban J connectivity index is 1.48. The van der Waals surface area contributed by atoms with E-state index >= 15 is 0 Å². The average Bonchev–Trinajstić information content (AvgIpc) is 3.16. The molecular weight excluding hydrogens is 354 g/mol. The van der Waals surface area contributed by atoms with E-state index in [0.717, 1.165) is 28.3 Å². The molecule has 0 saturated heterocycles. The van der Waals surface area contributed by atoms with Crippen molar-refractivity contribution < 1.29 is 9.47 Å². The van der Waals surface area contributed by atoms with Gasteiger partial charge in [-0.25, -0.2) is 0 Å². The van der Waals surface area contributed by atoms with Crippen molar-refractivity contribution in [3.05, 3.63) is 59.3 Å². The second-order valence-electron chi connectivity index (χ2n) is 7.03. The Labute approximate surface area is 164 Å². The van der Waals surface area contributed by atoms with Crippen molar-refractivity contribution in [1.82, 2.24) is 15.2 Å². The fourth-order valence-corrected chi connectivity index (χ4v) is 3.14. The number of para-hydroxylation sites is 1. The van der Waals surface area contributed by atoms with E-state index in [1.807, 2.05) is 18.2 Å². The Hall–Kier alpha value is -3.35. The molecule has 28 heavy (non-hydrogen) atoms. The molecule has 4 rings (SSSR count). The fourth-order valence-electron chi connectivity index (χ4n) is 3.14. The van der Waals surface area contributed by atoms with E-state index in [9.17, 15) is 0 Å². The van der Waals surface area contributed by atoms with Crippen LogP contribution < -0.4 is 20.1 Å². The summed E-state index contributed by atoms with van der Waals surface area (Å²) in [6.45, 7) is 7.28. The zero-order valence-electron chi connectivity index (χ0n) is 16.2. The summed E-state index contributed by atoms with van der Waals surface area (Å²) in [5.41, 5.74) is 4.47. The van der Waals surface area contributed by atoms with Crippen LogP contribution in [0, 0.1) is 6.92 Å². The van der Waals surface area contributed by atoms with Crippen molar-refractivity contribution in [2.45, 2.75) is 33.2 Å². The highest BCUT2D eigenvalue weighted by Gasteiger charge is 2.14. The second-order valence-corrected chi connectivity index (χ2v) is 7.03. The van der Waals surface area contributed by atoms with Gasteiger partial charge in [-0.2, -0.15) is 10.1 Å². The largest absolute Gasteiger partial charge is 0.454 e. The lowest BCUT2D eigenvalue weighted by atomic mass is 9.98. The van der Waals surface area contributed by atoms with Crippen LogP contribution in [0.4, 0.5) is 17.5 Å². The maximum Gasteiger partial charge on any atom is 0.249 e. The van der Waals surface area contributed by atoms with Crippen LogP contribution in [0.2, 0.25) is 0 Å². The molecule has 0 aliphatic carbocycles. The molecule has 0 radical (unpaired) electrons. The minimum Gasteiger partial charge on any atom is -0.454 e. The summed E-state index contributed by atoms with van der Waals surface area (Å²) in [6, 6.07) is 12.1. The topological polar surface area (TPSA) is 81.2 Å². The Morgan fingerprint density at radius 3 is 2.82 bits per heavy atom. The third-order valence-corrected chi connectivity index (χ3v) is 4.63. The molecule has 7 nitrogen and oxygen atoms in total. The first-order valence-corrected chi connectivity index (χ1v) is 9.29. The lowest BCUT2D eigenvalue weighted by Crippen LogP contribution is -2.07. The summed E-state index contributed by atoms with van der Waals surface area (Å²) >= 11 is 0. The van der Waals surface area contributed by atoms with E-state index in [0.29, 0.717) is 24.2 Å². The first-order valence-electron chi connectivity index (χ1n) is 9.29. The van der Waals surface area contributed by atoms with Crippen LogP contribution >= 0.6 is 0 Å². The maximum absolute atomic E-state index is 5.42. The van der Waals surface area contributed by atoms with Gasteiger partial charge in [-0.05, 0) is 41.7 Å². The Bertz CT molecular complexity index is 990. The van der Waals surface area contributed by atoms with Crippen LogP contribution in [0.1, 0.15) is 36.5 Å². The lowest BCUT2D eigenvalue weighted by Gasteiger charge is -2.16. The zero-order chi connectivity index (χ0) is 19.5. The minimum absolute atomic E-state index is 0.272. The molecule has 7 heteroatoms. The number of hydrogen-bond acceptors (Lipinski definition) is 7. The highest BCUT2D eigenvalue weighted by molar-refractivity contribution is 5.64. The molecule has 0 spiro atoms. The van der Waals surface area contributed by atoms with Crippen molar-refractivity contribution in [3.8, 4) is 11.5 Å². The van der Waals surface area contributed by atoms with Gasteiger partial charge in [0.15, 0.2) is 17.3 Å². The van der Waals surface area contributed by atoms with Crippen molar-refractivity contribution in [3.63, 3.8) is 0 Å². The SMILES string of the molecule is Cc1cccc(C(C)C)c1Nc1nncc(NCc2ccc3c(c2)OCO3)n1. The Morgan fingerprint density at radius 1 is 1.11 bits per heavy atom. The summed E-state index contributed by atoms with van der Waals surface area (Å²) in [6.07, 6.45) is 1.61. The number of aromatic nitrogens is 3. The van der Waals surface area contributed by atoms with Crippen LogP contribution in [0.15, 0.2) is 42.6 Å². The standard InChI is InChI=1S/C21H23N5O2/c1-13(2)16-6-4-5-14(3)20(16)25-21-24-19(11-23-26-21)22-10-15-7-8-17-18(9-15)28-12-27-17/h4-9,11,13H,10,12H2,1-3H3,(H2,22,24,25,26). The fraction of sp³-hybridized carbons (Fsp3) is 0.286. The number of hydrogen-bond donors (Lipinski definition) is 2. The third-order valence-electron chi connectivity index (χ3n) is 4.63. The number of ether oxygens (including phenoxy) is 2. The molecule has 1 aromatic heterocycles. The summed E-state index contributed by atoms with van der Waals surface area (Å²) in [4.78, 5) is 4.55. The van der Waals surface area contributed by atoms with Crippen LogP contribution in [0.3, 0.4) is 0 Å². The molecular formula is C21H23N5O2. The number of fused-ring (bicyclic) bond motifs is 1. The highest BCUT2D eigenvalue weighted by Crippen LogP contribution is 2.33. The van der Waals surface area contributed by atoms with Gasteiger partial charge >= 0.3 is 0 Å². The molecule has 3 aromatic rings. The Morgan fingerprint density at radius 2 is 1.96 bits per heavy atom. The smallest absolute Gasteiger partial charge is 0.249 e. The molecule has 2 aromatic carbocycles. The van der Waals surface area contributed by atoms with Crippen molar-refractivity contribution in [1.29, 1.82) is 0 Å². The van der Waals surface area contributed by atoms with Gasteiger partial charge in [0.1, 0.15) is 0 Å². The normalized spacial score (nSPS) is 12.3. The van der Waals surface area contributed by atoms with E-state index in [2.05, 4.69) is 64.8 Å². The van der Waals surface area contributed by atoms with Gasteiger partial charge in [-0.1, -0.05) is 38.1 Å². The molecule has 0 amide bonds. The minimum atomic E-state index is 0.272. The van der Waals surface area contributed by atoms with Gasteiger partial charge < -0.3 is 20.1 Å². The van der Waals surface area contributed by atoms with Crippen molar-refractivity contribution in [2.75, 3.05) is 17.4 Å². The van der Waals surface area contributed by atoms with E-state index in [1.165, 1.54) is 5.56 Å². The first kappa shape index (κ1) is 18.0. The molecule has 0 unspecified atom stereocenters. The maximum atomic E-state index is 5.42. The highest BCUT2D eigenvalue weighted by atomic mass is 16.7. The summed E-state index contributed by atoms with van der Waals surface area (Å²) in [5.74, 6) is 3.05. The molecule has 0 bridgehead atoms. The monoisotopic (exact) mass is 377 g/mol. The van der Waals surface area contributed by atoms with Gasteiger partial charge in [-0.3, -0.25) is 0 Å². The predicted octanol–water partition coefficient (Wildman–Crippen LogP) is 4.39. The molecule has 0 atom stereocenters. The molecule has 2 N–H and O–H groups in total. The van der Waals surface area contributed by atoms with Gasteiger partial charge in [0, 0.05) is 12.2 Å². The lowest BCUT2D eigenvalue weighted by molar-refractivity contribution is 0.174. The molecule has 1 aliphatic heterocycles. The second kappa shape index (κ2) is 7.72. The first-order chi connectivity index (χ1) is 13.6. The molecule has 2 heterocycles. The summed E-state index contributed by atoms with van der Waals surface area (Å²) in [5, 5.41) is 14.8. The number of nitrogens with zero attached hydrogens (tertiary/aromatic N) is 3. The van der Waals surface area contributed by atoms with Gasteiger partial charge in [0.25, 0.3) is 0 Å². The van der Waals surface area contributed by atoms with Crippen LogP contribution in [-0.2, 0) is 6.54 Å². The van der Waals surface area contributed by atoms with E-state index in [-0.39, 0.29) is 6.79 Å². The van der Waals surface area contributed by atoms with Crippen LogP contribution in [-0.4, -0.2) is 22.0 Å².